The van der Waals surface area contributed by atoms with Gasteiger partial charge in [0, 0.05) is 22.2 Å². The number of hydrogen-bond acceptors (Lipinski definition) is 1. The minimum absolute atomic E-state index is 0. The zero-order valence-electron chi connectivity index (χ0n) is 5.90. The average molecular weight is 257 g/mol. The van der Waals surface area contributed by atoms with Crippen molar-refractivity contribution in [2.45, 2.75) is 0 Å². The topological polar surface area (TPSA) is 12.0 Å². The van der Waals surface area contributed by atoms with Crippen LogP contribution in [0.3, 0.4) is 0 Å². The summed E-state index contributed by atoms with van der Waals surface area (Å²) in [5.74, 6) is 0. The molecule has 0 fully saturated rings. The van der Waals surface area contributed by atoms with Crippen molar-refractivity contribution in [3.05, 3.63) is 27.7 Å². The second kappa shape index (κ2) is 4.86. The summed E-state index contributed by atoms with van der Waals surface area (Å²) < 4.78 is 0.988. The Balaban J connectivity index is 0.000001000. The molecule has 0 saturated carbocycles. The van der Waals surface area contributed by atoms with Crippen molar-refractivity contribution in [1.82, 2.24) is 0 Å². The molecule has 1 nitrogen and oxygen atoms in total. The first-order chi connectivity index (χ1) is 4.74. The van der Waals surface area contributed by atoms with Gasteiger partial charge in [0.15, 0.2) is 0 Å². The van der Waals surface area contributed by atoms with E-state index >= 15 is 0 Å². The lowest BCUT2D eigenvalue weighted by atomic mass is 10.3. The number of rotatable bonds is 1. The van der Waals surface area contributed by atoms with Gasteiger partial charge in [-0.15, -0.1) is 12.4 Å². The van der Waals surface area contributed by atoms with Crippen molar-refractivity contribution in [2.75, 3.05) is 12.4 Å². The fraction of sp³-hybridized carbons (Fsp3) is 0.143. The van der Waals surface area contributed by atoms with Gasteiger partial charge in [-0.05, 0) is 34.1 Å². The van der Waals surface area contributed by atoms with Crippen LogP contribution in [0, 0.1) is 0 Å². The highest BCUT2D eigenvalue weighted by atomic mass is 79.9. The molecule has 4 heteroatoms. The van der Waals surface area contributed by atoms with Crippen LogP contribution in [0.2, 0.25) is 5.02 Å². The predicted octanol–water partition coefficient (Wildman–Crippen LogP) is 3.57. The molecule has 0 aliphatic rings. The lowest BCUT2D eigenvalue weighted by Crippen LogP contribution is -1.87. The van der Waals surface area contributed by atoms with Gasteiger partial charge in [-0.2, -0.15) is 0 Å². The van der Waals surface area contributed by atoms with Gasteiger partial charge in [0.05, 0.1) is 0 Å². The summed E-state index contributed by atoms with van der Waals surface area (Å²) in [4.78, 5) is 0. The quantitative estimate of drug-likeness (QED) is 0.810. The van der Waals surface area contributed by atoms with Crippen LogP contribution in [-0.4, -0.2) is 7.05 Å². The Kier molecular flexibility index (Phi) is 4.89. The molecule has 0 aromatic heterocycles. The first kappa shape index (κ1) is 11.1. The molecule has 62 valence electrons. The van der Waals surface area contributed by atoms with E-state index in [1.165, 1.54) is 0 Å². The van der Waals surface area contributed by atoms with Gasteiger partial charge in [0.25, 0.3) is 0 Å². The molecule has 0 unspecified atom stereocenters. The standard InChI is InChI=1S/C7H7BrClN.ClH/c1-10-7-3-2-5(9)4-6(7)8;/h2-4,10H,1H3;1H. The normalized spacial score (nSPS) is 8.64. The summed E-state index contributed by atoms with van der Waals surface area (Å²) in [5, 5.41) is 3.76. The summed E-state index contributed by atoms with van der Waals surface area (Å²) in [7, 11) is 1.87. The second-order valence-corrected chi connectivity index (χ2v) is 3.16. The molecule has 0 atom stereocenters. The summed E-state index contributed by atoms with van der Waals surface area (Å²) >= 11 is 9.08. The van der Waals surface area contributed by atoms with E-state index in [0.717, 1.165) is 15.2 Å². The number of anilines is 1. The third-order valence-corrected chi connectivity index (χ3v) is 2.09. The van der Waals surface area contributed by atoms with Crippen LogP contribution in [0.1, 0.15) is 0 Å². The van der Waals surface area contributed by atoms with Gasteiger partial charge in [0.2, 0.25) is 0 Å². The van der Waals surface area contributed by atoms with Crippen LogP contribution >= 0.6 is 39.9 Å². The smallest absolute Gasteiger partial charge is 0.0483 e. The van der Waals surface area contributed by atoms with Crippen molar-refractivity contribution in [1.29, 1.82) is 0 Å². The minimum atomic E-state index is 0. The third kappa shape index (κ3) is 2.89. The molecule has 0 bridgehead atoms. The molecule has 1 aromatic rings. The van der Waals surface area contributed by atoms with Crippen LogP contribution in [-0.2, 0) is 0 Å². The molecule has 11 heavy (non-hydrogen) atoms. The van der Waals surface area contributed by atoms with Crippen LogP contribution in [0.4, 0.5) is 5.69 Å². The Labute approximate surface area is 85.7 Å². The number of halogens is 3. The highest BCUT2D eigenvalue weighted by molar-refractivity contribution is 9.10. The fourth-order valence-electron chi connectivity index (χ4n) is 0.692. The molecule has 0 amide bonds. The predicted molar refractivity (Wildman–Crippen MR) is 55.9 cm³/mol. The molecular weight excluding hydrogens is 249 g/mol. The van der Waals surface area contributed by atoms with Gasteiger partial charge in [-0.25, -0.2) is 0 Å². The highest BCUT2D eigenvalue weighted by Crippen LogP contribution is 2.24. The molecule has 0 aliphatic carbocycles. The number of nitrogens with one attached hydrogen (secondary N) is 1. The van der Waals surface area contributed by atoms with Gasteiger partial charge in [-0.1, -0.05) is 11.6 Å². The Morgan fingerprint density at radius 2 is 2.09 bits per heavy atom. The monoisotopic (exact) mass is 255 g/mol. The van der Waals surface area contributed by atoms with Crippen LogP contribution < -0.4 is 5.32 Å². The fourth-order valence-corrected chi connectivity index (χ4v) is 1.57. The van der Waals surface area contributed by atoms with Gasteiger partial charge in [0.1, 0.15) is 0 Å². The largest absolute Gasteiger partial charge is 0.387 e. The molecule has 0 heterocycles. The lowest BCUT2D eigenvalue weighted by molar-refractivity contribution is 1.49. The molecule has 1 aromatic carbocycles. The molecule has 0 aliphatic heterocycles. The van der Waals surface area contributed by atoms with Crippen LogP contribution in [0.25, 0.3) is 0 Å². The van der Waals surface area contributed by atoms with Crippen molar-refractivity contribution in [3.63, 3.8) is 0 Å². The zero-order valence-corrected chi connectivity index (χ0v) is 9.05. The Morgan fingerprint density at radius 3 is 2.55 bits per heavy atom. The molecule has 0 spiro atoms. The molecule has 0 radical (unpaired) electrons. The first-order valence-electron chi connectivity index (χ1n) is 2.87. The summed E-state index contributed by atoms with van der Waals surface area (Å²) in [6, 6.07) is 5.62. The van der Waals surface area contributed by atoms with E-state index in [4.69, 9.17) is 11.6 Å². The van der Waals surface area contributed by atoms with E-state index < -0.39 is 0 Å². The van der Waals surface area contributed by atoms with E-state index in [2.05, 4.69) is 21.2 Å². The minimum Gasteiger partial charge on any atom is -0.387 e. The maximum Gasteiger partial charge on any atom is 0.0483 e. The first-order valence-corrected chi connectivity index (χ1v) is 4.04. The SMILES string of the molecule is CNc1ccc(Cl)cc1Br.Cl. The third-order valence-electron chi connectivity index (χ3n) is 1.20. The van der Waals surface area contributed by atoms with Crippen LogP contribution in [0.5, 0.6) is 0 Å². The highest BCUT2D eigenvalue weighted by Gasteiger charge is 1.95. The summed E-state index contributed by atoms with van der Waals surface area (Å²) in [6.45, 7) is 0. The summed E-state index contributed by atoms with van der Waals surface area (Å²) in [5.41, 5.74) is 1.05. The molecule has 0 saturated heterocycles. The lowest BCUT2D eigenvalue weighted by Gasteiger charge is -2.01. The van der Waals surface area contributed by atoms with Crippen molar-refractivity contribution in [3.8, 4) is 0 Å². The number of hydrogen-bond donors (Lipinski definition) is 1. The van der Waals surface area contributed by atoms with Crippen molar-refractivity contribution in [2.24, 2.45) is 0 Å². The van der Waals surface area contributed by atoms with Crippen LogP contribution in [0.15, 0.2) is 22.7 Å². The van der Waals surface area contributed by atoms with E-state index in [9.17, 15) is 0 Å². The molecular formula is C7H8BrCl2N. The van der Waals surface area contributed by atoms with Crippen molar-refractivity contribution < 1.29 is 0 Å². The molecule has 1 rings (SSSR count). The van der Waals surface area contributed by atoms with E-state index in [-0.39, 0.29) is 12.4 Å². The molecule has 1 N–H and O–H groups in total. The second-order valence-electron chi connectivity index (χ2n) is 1.87. The Bertz CT molecular complexity index is 240. The van der Waals surface area contributed by atoms with E-state index in [0.29, 0.717) is 0 Å². The van der Waals surface area contributed by atoms with Gasteiger partial charge < -0.3 is 5.32 Å². The average Bonchev–Trinajstić information content (AvgIpc) is 1.88. The maximum atomic E-state index is 5.72. The maximum absolute atomic E-state index is 5.72. The summed E-state index contributed by atoms with van der Waals surface area (Å²) in [6.07, 6.45) is 0. The van der Waals surface area contributed by atoms with Gasteiger partial charge >= 0.3 is 0 Å². The van der Waals surface area contributed by atoms with Gasteiger partial charge in [-0.3, -0.25) is 0 Å². The Hall–Kier alpha value is 0.0800. The van der Waals surface area contributed by atoms with E-state index in [1.807, 2.05) is 25.2 Å². The van der Waals surface area contributed by atoms with Crippen molar-refractivity contribution >= 4 is 45.6 Å². The Morgan fingerprint density at radius 1 is 1.45 bits per heavy atom. The van der Waals surface area contributed by atoms with E-state index in [1.54, 1.807) is 0 Å². The zero-order chi connectivity index (χ0) is 7.56. The number of benzene rings is 1.